The fraction of sp³-hybridized carbons (Fsp3) is 0.412. The number of anilines is 3. The van der Waals surface area contributed by atoms with Gasteiger partial charge in [-0.15, -0.1) is 0 Å². The summed E-state index contributed by atoms with van der Waals surface area (Å²) in [5.74, 6) is 0.243. The van der Waals surface area contributed by atoms with E-state index >= 15 is 0 Å². The van der Waals surface area contributed by atoms with E-state index in [1.165, 1.54) is 0 Å². The summed E-state index contributed by atoms with van der Waals surface area (Å²) in [5, 5.41) is 8.46. The number of ether oxygens (including phenoxy) is 2. The third-order valence-electron chi connectivity index (χ3n) is 6.72. The van der Waals surface area contributed by atoms with Crippen molar-refractivity contribution < 1.29 is 23.9 Å². The largest absolute Gasteiger partial charge is 0.494 e. The van der Waals surface area contributed by atoms with Crippen LogP contribution < -0.4 is 20.7 Å². The molecular formula is C34H46N6O5. The maximum absolute atomic E-state index is 13.4. The second-order valence-corrected chi connectivity index (χ2v) is 11.4. The molecule has 0 fully saturated rings. The number of hydrogen-bond acceptors (Lipinski definition) is 7. The fourth-order valence-electron chi connectivity index (χ4n) is 4.48. The van der Waals surface area contributed by atoms with E-state index in [4.69, 9.17) is 9.47 Å². The highest BCUT2D eigenvalue weighted by Gasteiger charge is 2.19. The molecule has 11 nitrogen and oxygen atoms in total. The fourth-order valence-corrected chi connectivity index (χ4v) is 4.48. The summed E-state index contributed by atoms with van der Waals surface area (Å²) >= 11 is 0. The van der Waals surface area contributed by atoms with Crippen LogP contribution >= 0.6 is 0 Å². The van der Waals surface area contributed by atoms with Gasteiger partial charge in [0, 0.05) is 31.0 Å². The van der Waals surface area contributed by atoms with Crippen LogP contribution in [0.4, 0.5) is 26.7 Å². The first kappa shape index (κ1) is 34.8. The van der Waals surface area contributed by atoms with Gasteiger partial charge in [0.25, 0.3) is 5.91 Å². The molecule has 0 aliphatic rings. The predicted molar refractivity (Wildman–Crippen MR) is 178 cm³/mol. The number of nitrogens with one attached hydrogen (secondary N) is 3. The van der Waals surface area contributed by atoms with Crippen molar-refractivity contribution in [3.8, 4) is 5.75 Å². The molecule has 3 aromatic rings. The number of nitrogens with zero attached hydrogens (tertiary/aromatic N) is 3. The van der Waals surface area contributed by atoms with Crippen LogP contribution in [-0.4, -0.2) is 71.2 Å². The molecule has 11 heteroatoms. The molecule has 0 atom stereocenters. The molecule has 2 aromatic carbocycles. The van der Waals surface area contributed by atoms with Crippen LogP contribution in [0, 0.1) is 0 Å². The Hall–Kier alpha value is -4.64. The summed E-state index contributed by atoms with van der Waals surface area (Å²) in [6, 6.07) is 17.3. The summed E-state index contributed by atoms with van der Waals surface area (Å²) in [6.45, 7) is 15.6. The Labute approximate surface area is 266 Å². The van der Waals surface area contributed by atoms with Crippen LogP contribution in [0.15, 0.2) is 66.9 Å². The topological polar surface area (TPSA) is 125 Å². The molecule has 1 heterocycles. The van der Waals surface area contributed by atoms with Crippen LogP contribution in [0.5, 0.6) is 5.75 Å². The van der Waals surface area contributed by atoms with Crippen LogP contribution in [0.25, 0.3) is 0 Å². The number of aromatic nitrogens is 1. The van der Waals surface area contributed by atoms with Gasteiger partial charge in [-0.05, 0) is 89.6 Å². The minimum absolute atomic E-state index is 0.191. The molecule has 4 amide bonds. The molecular weight excluding hydrogens is 572 g/mol. The molecule has 0 radical (unpaired) electrons. The van der Waals surface area contributed by atoms with E-state index in [0.29, 0.717) is 42.5 Å². The monoisotopic (exact) mass is 618 g/mol. The maximum atomic E-state index is 13.4. The first-order valence-electron chi connectivity index (χ1n) is 15.4. The average molecular weight is 619 g/mol. The Morgan fingerprint density at radius 3 is 2.18 bits per heavy atom. The molecule has 0 saturated heterocycles. The third kappa shape index (κ3) is 11.8. The van der Waals surface area contributed by atoms with Crippen LogP contribution in [0.3, 0.4) is 0 Å². The summed E-state index contributed by atoms with van der Waals surface area (Å²) in [7, 11) is 0. The molecule has 0 spiro atoms. The number of urea groups is 1. The molecule has 3 rings (SSSR count). The first-order valence-corrected chi connectivity index (χ1v) is 15.4. The number of amides is 4. The van der Waals surface area contributed by atoms with Gasteiger partial charge in [-0.3, -0.25) is 15.1 Å². The number of hydrogen-bond donors (Lipinski definition) is 3. The van der Waals surface area contributed by atoms with Crippen molar-refractivity contribution in [2.45, 2.75) is 60.1 Å². The van der Waals surface area contributed by atoms with Gasteiger partial charge in [-0.1, -0.05) is 38.1 Å². The SMILES string of the molecule is CCOc1cccc(NC(=O)N(CCCN(CC)CC)Cc2ccc(C(=O)Nc3ccccc3NC(=O)OC(C)(C)C)nc2)c1. The second kappa shape index (κ2) is 17.0. The van der Waals surface area contributed by atoms with Gasteiger partial charge in [0.15, 0.2) is 0 Å². The van der Waals surface area contributed by atoms with Crippen LogP contribution in [0.2, 0.25) is 0 Å². The zero-order chi connectivity index (χ0) is 32.8. The quantitative estimate of drug-likeness (QED) is 0.181. The molecule has 242 valence electrons. The van der Waals surface area contributed by atoms with E-state index in [0.717, 1.165) is 31.6 Å². The maximum Gasteiger partial charge on any atom is 0.412 e. The molecule has 0 saturated carbocycles. The summed E-state index contributed by atoms with van der Waals surface area (Å²) in [5.41, 5.74) is 1.75. The zero-order valence-corrected chi connectivity index (χ0v) is 27.2. The lowest BCUT2D eigenvalue weighted by Gasteiger charge is -2.25. The van der Waals surface area contributed by atoms with Gasteiger partial charge >= 0.3 is 12.1 Å². The van der Waals surface area contributed by atoms with Gasteiger partial charge < -0.3 is 29.9 Å². The van der Waals surface area contributed by atoms with Crippen molar-refractivity contribution in [3.63, 3.8) is 0 Å². The Kier molecular flexibility index (Phi) is 13.2. The highest BCUT2D eigenvalue weighted by molar-refractivity contribution is 6.05. The van der Waals surface area contributed by atoms with E-state index in [9.17, 15) is 14.4 Å². The summed E-state index contributed by atoms with van der Waals surface area (Å²) in [6.07, 6.45) is 1.78. The highest BCUT2D eigenvalue weighted by Crippen LogP contribution is 2.23. The Morgan fingerprint density at radius 2 is 1.56 bits per heavy atom. The van der Waals surface area contributed by atoms with Crippen molar-refractivity contribution in [1.29, 1.82) is 0 Å². The Morgan fingerprint density at radius 1 is 0.844 bits per heavy atom. The zero-order valence-electron chi connectivity index (χ0n) is 27.2. The van der Waals surface area contributed by atoms with Crippen molar-refractivity contribution in [2.24, 2.45) is 0 Å². The van der Waals surface area contributed by atoms with Crippen molar-refractivity contribution in [3.05, 3.63) is 78.1 Å². The molecule has 45 heavy (non-hydrogen) atoms. The third-order valence-corrected chi connectivity index (χ3v) is 6.72. The predicted octanol–water partition coefficient (Wildman–Crippen LogP) is 6.85. The lowest BCUT2D eigenvalue weighted by Crippen LogP contribution is -2.37. The second-order valence-electron chi connectivity index (χ2n) is 11.4. The van der Waals surface area contributed by atoms with Gasteiger partial charge in [0.2, 0.25) is 0 Å². The minimum atomic E-state index is -0.662. The van der Waals surface area contributed by atoms with Crippen molar-refractivity contribution in [2.75, 3.05) is 48.7 Å². The molecule has 0 aliphatic carbocycles. The normalized spacial score (nSPS) is 11.1. The number of para-hydroxylation sites is 2. The molecule has 0 bridgehead atoms. The summed E-state index contributed by atoms with van der Waals surface area (Å²) < 4.78 is 10.9. The van der Waals surface area contributed by atoms with Crippen molar-refractivity contribution >= 4 is 35.1 Å². The minimum Gasteiger partial charge on any atom is -0.494 e. The smallest absolute Gasteiger partial charge is 0.412 e. The standard InChI is InChI=1S/C34H46N6O5/c1-7-39(8-2)20-13-21-40(32(42)36-26-14-12-15-27(22-26)44-9-3)24-25-18-19-30(35-23-25)31(41)37-28-16-10-11-17-29(28)38-33(43)45-34(4,5)6/h10-12,14-19,22-23H,7-9,13,20-21,24H2,1-6H3,(H,36,42)(H,37,41)(H,38,43). The number of rotatable bonds is 14. The Balaban J connectivity index is 1.69. The van der Waals surface area contributed by atoms with Gasteiger partial charge in [-0.2, -0.15) is 0 Å². The van der Waals surface area contributed by atoms with Gasteiger partial charge in [0.1, 0.15) is 17.0 Å². The first-order chi connectivity index (χ1) is 21.5. The average Bonchev–Trinajstić information content (AvgIpc) is 2.99. The molecule has 3 N–H and O–H groups in total. The van der Waals surface area contributed by atoms with Gasteiger partial charge in [0.05, 0.1) is 18.0 Å². The molecule has 1 aromatic heterocycles. The molecule has 0 aliphatic heterocycles. The van der Waals surface area contributed by atoms with Crippen molar-refractivity contribution in [1.82, 2.24) is 14.8 Å². The Bertz CT molecular complexity index is 1400. The lowest BCUT2D eigenvalue weighted by molar-refractivity contribution is 0.0635. The van der Waals surface area contributed by atoms with Crippen LogP contribution in [-0.2, 0) is 11.3 Å². The number of carbonyl (C=O) groups excluding carboxylic acids is 3. The van der Waals surface area contributed by atoms with Gasteiger partial charge in [-0.25, -0.2) is 9.59 Å². The van der Waals surface area contributed by atoms with E-state index < -0.39 is 17.6 Å². The molecule has 0 unspecified atom stereocenters. The lowest BCUT2D eigenvalue weighted by atomic mass is 10.2. The van der Waals surface area contributed by atoms with E-state index in [1.54, 1.807) is 74.3 Å². The number of carbonyl (C=O) groups is 3. The van der Waals surface area contributed by atoms with E-state index in [-0.39, 0.29) is 11.7 Å². The number of pyridine rings is 1. The van der Waals surface area contributed by atoms with E-state index in [2.05, 4.69) is 39.7 Å². The summed E-state index contributed by atoms with van der Waals surface area (Å²) in [4.78, 5) is 47.2. The van der Waals surface area contributed by atoms with E-state index in [1.807, 2.05) is 25.1 Å². The number of benzene rings is 2. The highest BCUT2D eigenvalue weighted by atomic mass is 16.6. The van der Waals surface area contributed by atoms with Crippen LogP contribution in [0.1, 0.15) is 64.0 Å².